The number of anilines is 2. The summed E-state index contributed by atoms with van der Waals surface area (Å²) in [5.41, 5.74) is 5.43. The van der Waals surface area contributed by atoms with E-state index in [-0.39, 0.29) is 0 Å². The van der Waals surface area contributed by atoms with E-state index in [0.29, 0.717) is 0 Å². The van der Waals surface area contributed by atoms with Crippen molar-refractivity contribution in [2.75, 3.05) is 11.4 Å². The number of benzene rings is 2. The number of nitrogens with zero attached hydrogens (tertiary/aromatic N) is 1. The van der Waals surface area contributed by atoms with Crippen molar-refractivity contribution in [2.45, 2.75) is 11.8 Å². The molecule has 0 unspecified atom stereocenters. The summed E-state index contributed by atoms with van der Waals surface area (Å²) in [6.45, 7) is 1.09. The highest BCUT2D eigenvalue weighted by Gasteiger charge is 2.19. The molecule has 0 spiro atoms. The zero-order chi connectivity index (χ0) is 11.7. The molecule has 17 heavy (non-hydrogen) atoms. The van der Waals surface area contributed by atoms with E-state index in [1.54, 1.807) is 0 Å². The third kappa shape index (κ3) is 1.98. The van der Waals surface area contributed by atoms with Crippen LogP contribution in [0.1, 0.15) is 11.1 Å². The molecule has 3 rings (SSSR count). The van der Waals surface area contributed by atoms with Crippen LogP contribution in [0, 0.1) is 0 Å². The second-order valence-electron chi connectivity index (χ2n) is 4.33. The van der Waals surface area contributed by atoms with Gasteiger partial charge in [0, 0.05) is 23.2 Å². The van der Waals surface area contributed by atoms with Crippen LogP contribution >= 0.6 is 15.9 Å². The molecule has 86 valence electrons. The van der Waals surface area contributed by atoms with Crippen LogP contribution in [0.25, 0.3) is 0 Å². The van der Waals surface area contributed by atoms with E-state index in [9.17, 15) is 0 Å². The fraction of sp³-hybridized carbons (Fsp3) is 0.200. The minimum atomic E-state index is 0.921. The summed E-state index contributed by atoms with van der Waals surface area (Å²) >= 11 is 3.48. The Balaban J connectivity index is 1.95. The van der Waals surface area contributed by atoms with Crippen molar-refractivity contribution in [1.82, 2.24) is 0 Å². The molecular weight excluding hydrogens is 274 g/mol. The SMILES string of the molecule is BrCc1ccc(N2CCc3ccccc32)cc1. The van der Waals surface area contributed by atoms with E-state index in [2.05, 4.69) is 69.4 Å². The summed E-state index contributed by atoms with van der Waals surface area (Å²) < 4.78 is 0. The third-order valence-electron chi connectivity index (χ3n) is 3.29. The first kappa shape index (κ1) is 10.8. The number of hydrogen-bond donors (Lipinski definition) is 0. The van der Waals surface area contributed by atoms with Crippen LogP contribution in [0.3, 0.4) is 0 Å². The Hall–Kier alpha value is -1.28. The van der Waals surface area contributed by atoms with Crippen molar-refractivity contribution >= 4 is 27.3 Å². The Bertz CT molecular complexity index is 519. The predicted octanol–water partition coefficient (Wildman–Crippen LogP) is 4.28. The molecule has 0 amide bonds. The highest BCUT2D eigenvalue weighted by atomic mass is 79.9. The van der Waals surface area contributed by atoms with Gasteiger partial charge in [0.1, 0.15) is 0 Å². The van der Waals surface area contributed by atoms with Crippen LogP contribution < -0.4 is 4.90 Å². The molecule has 0 radical (unpaired) electrons. The minimum Gasteiger partial charge on any atom is -0.341 e. The third-order valence-corrected chi connectivity index (χ3v) is 3.94. The lowest BCUT2D eigenvalue weighted by atomic mass is 10.1. The van der Waals surface area contributed by atoms with Gasteiger partial charge in [0.15, 0.2) is 0 Å². The summed E-state index contributed by atoms with van der Waals surface area (Å²) in [7, 11) is 0. The topological polar surface area (TPSA) is 3.24 Å². The van der Waals surface area contributed by atoms with E-state index in [1.807, 2.05) is 0 Å². The van der Waals surface area contributed by atoms with Gasteiger partial charge >= 0.3 is 0 Å². The summed E-state index contributed by atoms with van der Waals surface area (Å²) in [6, 6.07) is 17.5. The van der Waals surface area contributed by atoms with Gasteiger partial charge in [-0.05, 0) is 35.7 Å². The van der Waals surface area contributed by atoms with Crippen LogP contribution in [0.2, 0.25) is 0 Å². The van der Waals surface area contributed by atoms with E-state index >= 15 is 0 Å². The van der Waals surface area contributed by atoms with Gasteiger partial charge in [-0.25, -0.2) is 0 Å². The quantitative estimate of drug-likeness (QED) is 0.746. The molecule has 0 bridgehead atoms. The highest BCUT2D eigenvalue weighted by molar-refractivity contribution is 9.08. The zero-order valence-corrected chi connectivity index (χ0v) is 11.2. The number of hydrogen-bond acceptors (Lipinski definition) is 1. The lowest BCUT2D eigenvalue weighted by Crippen LogP contribution is -2.12. The first-order valence-corrected chi connectivity index (χ1v) is 7.01. The van der Waals surface area contributed by atoms with Crippen LogP contribution in [-0.2, 0) is 11.8 Å². The normalized spacial score (nSPS) is 13.8. The van der Waals surface area contributed by atoms with Gasteiger partial charge in [0.05, 0.1) is 0 Å². The standard InChI is InChI=1S/C15H14BrN/c16-11-12-5-7-14(8-6-12)17-10-9-13-3-1-2-4-15(13)17/h1-8H,9-11H2. The predicted molar refractivity (Wildman–Crippen MR) is 76.2 cm³/mol. The van der Waals surface area contributed by atoms with Gasteiger partial charge < -0.3 is 4.90 Å². The number of halogens is 1. The van der Waals surface area contributed by atoms with Crippen molar-refractivity contribution in [2.24, 2.45) is 0 Å². The molecule has 2 aromatic carbocycles. The first-order valence-electron chi connectivity index (χ1n) is 5.89. The molecule has 1 nitrogen and oxygen atoms in total. The van der Waals surface area contributed by atoms with Gasteiger partial charge in [-0.2, -0.15) is 0 Å². The number of rotatable bonds is 2. The summed E-state index contributed by atoms with van der Waals surface area (Å²) in [4.78, 5) is 2.40. The van der Waals surface area contributed by atoms with E-state index in [4.69, 9.17) is 0 Å². The lowest BCUT2D eigenvalue weighted by molar-refractivity contribution is 0.998. The van der Waals surface area contributed by atoms with E-state index in [1.165, 1.54) is 22.5 Å². The molecule has 0 aromatic heterocycles. The second kappa shape index (κ2) is 4.53. The summed E-state index contributed by atoms with van der Waals surface area (Å²) in [5, 5.41) is 0.921. The molecule has 0 saturated heterocycles. The van der Waals surface area contributed by atoms with Crippen LogP contribution in [0.4, 0.5) is 11.4 Å². The Kier molecular flexibility index (Phi) is 2.89. The molecule has 2 aromatic rings. The maximum atomic E-state index is 3.48. The minimum absolute atomic E-state index is 0.921. The first-order chi connectivity index (χ1) is 8.38. The maximum Gasteiger partial charge on any atom is 0.0444 e. The maximum absolute atomic E-state index is 3.48. The van der Waals surface area contributed by atoms with Gasteiger partial charge in [-0.15, -0.1) is 0 Å². The molecule has 1 aliphatic heterocycles. The highest BCUT2D eigenvalue weighted by Crippen LogP contribution is 2.34. The molecule has 0 fully saturated rings. The Morgan fingerprint density at radius 1 is 1.00 bits per heavy atom. The van der Waals surface area contributed by atoms with E-state index in [0.717, 1.165) is 18.3 Å². The van der Waals surface area contributed by atoms with Crippen molar-refractivity contribution < 1.29 is 0 Å². The monoisotopic (exact) mass is 287 g/mol. The zero-order valence-electron chi connectivity index (χ0n) is 9.57. The van der Waals surface area contributed by atoms with Crippen molar-refractivity contribution in [3.8, 4) is 0 Å². The molecular formula is C15H14BrN. The van der Waals surface area contributed by atoms with E-state index < -0.39 is 0 Å². The van der Waals surface area contributed by atoms with Crippen LogP contribution in [0.5, 0.6) is 0 Å². The summed E-state index contributed by atoms with van der Waals surface area (Å²) in [5.74, 6) is 0. The van der Waals surface area contributed by atoms with Gasteiger partial charge in [-0.1, -0.05) is 46.3 Å². The van der Waals surface area contributed by atoms with Crippen molar-refractivity contribution in [1.29, 1.82) is 0 Å². The largest absolute Gasteiger partial charge is 0.341 e. The second-order valence-corrected chi connectivity index (χ2v) is 4.89. The number of alkyl halides is 1. The molecule has 1 heterocycles. The fourth-order valence-corrected chi connectivity index (χ4v) is 2.75. The van der Waals surface area contributed by atoms with Gasteiger partial charge in [0.2, 0.25) is 0 Å². The average molecular weight is 288 g/mol. The molecule has 0 aliphatic carbocycles. The van der Waals surface area contributed by atoms with Gasteiger partial charge in [-0.3, -0.25) is 0 Å². The molecule has 1 aliphatic rings. The Morgan fingerprint density at radius 2 is 1.76 bits per heavy atom. The molecule has 0 atom stereocenters. The Morgan fingerprint density at radius 3 is 2.53 bits per heavy atom. The van der Waals surface area contributed by atoms with Crippen molar-refractivity contribution in [3.63, 3.8) is 0 Å². The average Bonchev–Trinajstić information content (AvgIpc) is 2.83. The van der Waals surface area contributed by atoms with Crippen LogP contribution in [0.15, 0.2) is 48.5 Å². The molecule has 2 heteroatoms. The number of fused-ring (bicyclic) bond motifs is 1. The molecule has 0 N–H and O–H groups in total. The Labute approximate surface area is 110 Å². The smallest absolute Gasteiger partial charge is 0.0444 e. The van der Waals surface area contributed by atoms with Gasteiger partial charge in [0.25, 0.3) is 0 Å². The summed E-state index contributed by atoms with van der Waals surface area (Å²) in [6.07, 6.45) is 1.15. The fourth-order valence-electron chi connectivity index (χ4n) is 2.37. The van der Waals surface area contributed by atoms with Crippen LogP contribution in [-0.4, -0.2) is 6.54 Å². The lowest BCUT2D eigenvalue weighted by Gasteiger charge is -2.19. The molecule has 0 saturated carbocycles. The van der Waals surface area contributed by atoms with Crippen molar-refractivity contribution in [3.05, 3.63) is 59.7 Å². The number of para-hydroxylation sites is 1.